The number of nitrogens with zero attached hydrogens (tertiary/aromatic N) is 4. The van der Waals surface area contributed by atoms with Crippen LogP contribution in [0.15, 0.2) is 192 Å². The Kier molecular flexibility index (Phi) is 6.94. The van der Waals surface area contributed by atoms with Gasteiger partial charge in [0, 0.05) is 59.2 Å². The molecule has 55 heavy (non-hydrogen) atoms. The van der Waals surface area contributed by atoms with Crippen LogP contribution in [0.1, 0.15) is 5.56 Å². The molecule has 11 aromatic rings. The number of hydrogen-bond acceptors (Lipinski definition) is 2. The zero-order valence-electron chi connectivity index (χ0n) is 29.4. The molecule has 3 heterocycles. The lowest BCUT2D eigenvalue weighted by molar-refractivity contribution is 0.683. The Labute approximate surface area is 318 Å². The van der Waals surface area contributed by atoms with Gasteiger partial charge in [0.1, 0.15) is 0 Å². The number of aromatic nitrogens is 3. The molecule has 0 spiro atoms. The Morgan fingerprint density at radius 3 is 1.15 bits per heavy atom. The van der Waals surface area contributed by atoms with Gasteiger partial charge in [-0.1, -0.05) is 72.8 Å². The van der Waals surface area contributed by atoms with Crippen molar-refractivity contribution in [2.45, 2.75) is 9.79 Å². The Morgan fingerprint density at radius 1 is 0.364 bits per heavy atom. The third kappa shape index (κ3) is 4.74. The van der Waals surface area contributed by atoms with E-state index in [4.69, 9.17) is 0 Å². The average Bonchev–Trinajstić information content (AvgIpc) is 3.87. The van der Waals surface area contributed by atoms with E-state index in [1.807, 2.05) is 12.1 Å². The molecule has 1 atom stereocenters. The van der Waals surface area contributed by atoms with Gasteiger partial charge < -0.3 is 13.7 Å². The summed E-state index contributed by atoms with van der Waals surface area (Å²) >= 11 is 0. The fraction of sp³-hybridized carbons (Fsp3) is 0. The first-order valence-corrected chi connectivity index (χ1v) is 19.4. The van der Waals surface area contributed by atoms with Gasteiger partial charge in [-0.2, -0.15) is 5.26 Å². The molecule has 1 unspecified atom stereocenters. The minimum absolute atomic E-state index is 0.546. The third-order valence-corrected chi connectivity index (χ3v) is 12.3. The summed E-state index contributed by atoms with van der Waals surface area (Å²) in [4.78, 5) is 1.37. The molecule has 0 bridgehead atoms. The Balaban J connectivity index is 1.23. The molecule has 0 aliphatic rings. The van der Waals surface area contributed by atoms with Gasteiger partial charge in [-0.3, -0.25) is 0 Å². The molecule has 0 radical (unpaired) electrons. The van der Waals surface area contributed by atoms with E-state index in [9.17, 15) is 9.47 Å². The molecule has 0 amide bonds. The first kappa shape index (κ1) is 31.3. The quantitative estimate of drug-likeness (QED) is 0.178. The Hall–Kier alpha value is -7.20. The second kappa shape index (κ2) is 12.2. The van der Waals surface area contributed by atoms with Crippen LogP contribution in [-0.2, 0) is 10.8 Å². The van der Waals surface area contributed by atoms with E-state index < -0.39 is 10.8 Å². The van der Waals surface area contributed by atoms with Gasteiger partial charge in [-0.15, -0.1) is 0 Å². The van der Waals surface area contributed by atoms with Crippen LogP contribution in [0.25, 0.3) is 82.5 Å². The van der Waals surface area contributed by atoms with E-state index in [0.717, 1.165) is 60.9 Å². The number of rotatable bonds is 5. The lowest BCUT2D eigenvalue weighted by Gasteiger charge is -2.10. The van der Waals surface area contributed by atoms with Crippen LogP contribution in [0, 0.1) is 11.3 Å². The highest BCUT2D eigenvalue weighted by atomic mass is 32.2. The van der Waals surface area contributed by atoms with Gasteiger partial charge in [0.05, 0.1) is 55.5 Å². The number of fused-ring (bicyclic) bond motifs is 9. The van der Waals surface area contributed by atoms with Crippen LogP contribution in [0.4, 0.5) is 0 Å². The van der Waals surface area contributed by atoms with Crippen LogP contribution in [-0.4, -0.2) is 17.9 Å². The largest absolute Gasteiger partial charge is 0.309 e. The second-order valence-corrected chi connectivity index (χ2v) is 15.4. The van der Waals surface area contributed by atoms with Crippen molar-refractivity contribution in [1.29, 1.82) is 5.26 Å². The highest BCUT2D eigenvalue weighted by Crippen LogP contribution is 2.43. The highest BCUT2D eigenvalue weighted by molar-refractivity contribution is 7.85. The van der Waals surface area contributed by atoms with E-state index in [-0.39, 0.29) is 0 Å². The van der Waals surface area contributed by atoms with Crippen molar-refractivity contribution >= 4 is 76.2 Å². The zero-order valence-corrected chi connectivity index (χ0v) is 30.2. The topological polar surface area (TPSA) is 55.6 Å². The van der Waals surface area contributed by atoms with Crippen molar-refractivity contribution in [1.82, 2.24) is 13.7 Å². The van der Waals surface area contributed by atoms with Gasteiger partial charge in [-0.05, 0) is 109 Å². The first-order chi connectivity index (χ1) is 27.2. The third-order valence-electron chi connectivity index (χ3n) is 10.9. The van der Waals surface area contributed by atoms with Gasteiger partial charge in [-0.25, -0.2) is 4.21 Å². The van der Waals surface area contributed by atoms with Crippen LogP contribution in [0.2, 0.25) is 0 Å². The lowest BCUT2D eigenvalue weighted by Crippen LogP contribution is -1.97. The molecule has 0 N–H and O–H groups in total. The second-order valence-electron chi connectivity index (χ2n) is 13.9. The minimum Gasteiger partial charge on any atom is -0.309 e. The van der Waals surface area contributed by atoms with Crippen LogP contribution >= 0.6 is 0 Å². The monoisotopic (exact) mass is 722 g/mol. The number of para-hydroxylation sites is 4. The minimum atomic E-state index is -1.39. The lowest BCUT2D eigenvalue weighted by atomic mass is 10.1. The maximum Gasteiger partial charge on any atom is 0.0991 e. The summed E-state index contributed by atoms with van der Waals surface area (Å²) in [6, 6.07) is 65.1. The first-order valence-electron chi connectivity index (χ1n) is 18.2. The fourth-order valence-corrected chi connectivity index (χ4v) is 9.47. The smallest absolute Gasteiger partial charge is 0.0991 e. The molecular weight excluding hydrogens is 693 g/mol. The van der Waals surface area contributed by atoms with Crippen LogP contribution in [0.3, 0.4) is 0 Å². The van der Waals surface area contributed by atoms with Crippen molar-refractivity contribution < 1.29 is 4.21 Å². The summed E-state index contributed by atoms with van der Waals surface area (Å²) in [5, 5.41) is 16.3. The van der Waals surface area contributed by atoms with E-state index in [1.54, 1.807) is 24.3 Å². The number of nitriles is 1. The summed E-state index contributed by atoms with van der Waals surface area (Å²) < 4.78 is 20.8. The predicted molar refractivity (Wildman–Crippen MR) is 225 cm³/mol. The normalized spacial score (nSPS) is 12.3. The average molecular weight is 723 g/mol. The molecule has 258 valence electrons. The zero-order chi connectivity index (χ0) is 36.6. The molecule has 0 saturated heterocycles. The van der Waals surface area contributed by atoms with Gasteiger partial charge in [0.2, 0.25) is 0 Å². The summed E-state index contributed by atoms with van der Waals surface area (Å²) in [5.74, 6) is 0. The van der Waals surface area contributed by atoms with Crippen molar-refractivity contribution in [2.75, 3.05) is 0 Å². The number of hydrogen-bond donors (Lipinski definition) is 0. The van der Waals surface area contributed by atoms with Crippen molar-refractivity contribution in [2.24, 2.45) is 0 Å². The van der Waals surface area contributed by atoms with Gasteiger partial charge in [0.25, 0.3) is 0 Å². The molecule has 8 aromatic carbocycles. The standard InChI is InChI=1S/C49H30N4OS/c50-31-32-19-23-36(24-20-32)55(54)37-25-21-35(22-26-37)53-48-27-40-38-15-7-9-17-44(38)51(33-11-3-1-4-12-33)46(40)29-42(48)43-30-47-41(28-49(43)53)39-16-8-10-18-45(39)52(47)34-13-5-2-6-14-34/h1-30H. The molecule has 3 aromatic heterocycles. The summed E-state index contributed by atoms with van der Waals surface area (Å²) in [5.41, 5.74) is 10.6. The molecule has 6 heteroatoms. The van der Waals surface area contributed by atoms with Crippen LogP contribution in [0.5, 0.6) is 0 Å². The van der Waals surface area contributed by atoms with E-state index >= 15 is 0 Å². The van der Waals surface area contributed by atoms with E-state index in [0.29, 0.717) is 15.4 Å². The van der Waals surface area contributed by atoms with E-state index in [1.165, 1.54) is 21.5 Å². The molecule has 0 aliphatic heterocycles. The maximum atomic E-state index is 13.7. The van der Waals surface area contributed by atoms with Crippen LogP contribution < -0.4 is 0 Å². The van der Waals surface area contributed by atoms with Gasteiger partial charge in [0.15, 0.2) is 0 Å². The highest BCUT2D eigenvalue weighted by Gasteiger charge is 2.21. The van der Waals surface area contributed by atoms with Gasteiger partial charge >= 0.3 is 0 Å². The van der Waals surface area contributed by atoms with Crippen molar-refractivity contribution in [3.63, 3.8) is 0 Å². The SMILES string of the molecule is N#Cc1ccc(S(=O)c2ccc(-n3c4cc5c6ccccc6n(-c6ccccc6)c5cc4c4cc5c(cc43)c3ccccc3n5-c3ccccc3)cc2)cc1. The molecule has 11 rings (SSSR count). The predicted octanol–water partition coefficient (Wildman–Crippen LogP) is 12.0. The fourth-order valence-electron chi connectivity index (χ4n) is 8.44. The van der Waals surface area contributed by atoms with E-state index in [2.05, 4.69) is 165 Å². The summed E-state index contributed by atoms with van der Waals surface area (Å²) in [6.07, 6.45) is 0. The Morgan fingerprint density at radius 2 is 0.709 bits per heavy atom. The molecule has 0 aliphatic carbocycles. The number of benzene rings is 8. The molecular formula is C49H30N4OS. The molecule has 0 saturated carbocycles. The Bertz CT molecular complexity index is 3200. The van der Waals surface area contributed by atoms with Crippen molar-refractivity contribution in [3.8, 4) is 23.1 Å². The summed E-state index contributed by atoms with van der Waals surface area (Å²) in [7, 11) is -1.39. The maximum absolute atomic E-state index is 13.7. The molecule has 5 nitrogen and oxygen atoms in total. The summed E-state index contributed by atoms with van der Waals surface area (Å²) in [6.45, 7) is 0. The molecule has 0 fully saturated rings. The van der Waals surface area contributed by atoms with Crippen molar-refractivity contribution in [3.05, 3.63) is 188 Å².